The summed E-state index contributed by atoms with van der Waals surface area (Å²) >= 11 is 0. The Morgan fingerprint density at radius 2 is 1.88 bits per heavy atom. The molecule has 0 saturated carbocycles. The molecule has 0 spiro atoms. The largest absolute Gasteiger partial charge is 0.487 e. The van der Waals surface area contributed by atoms with Crippen molar-refractivity contribution in [2.75, 3.05) is 26.8 Å². The number of nitrogens with zero attached hydrogens (tertiary/aromatic N) is 3. The zero-order valence-corrected chi connectivity index (χ0v) is 14.5. The number of likely N-dealkylation sites (tertiary alicyclic amines) is 1. The first-order valence-electron chi connectivity index (χ1n) is 8.67. The average molecular weight is 345 g/mol. The summed E-state index contributed by atoms with van der Waals surface area (Å²) in [7, 11) is 1.67. The lowest BCUT2D eigenvalue weighted by Crippen LogP contribution is -2.38. The van der Waals surface area contributed by atoms with Crippen LogP contribution in [0.5, 0.6) is 5.75 Å². The van der Waals surface area contributed by atoms with Crippen LogP contribution >= 0.6 is 0 Å². The van der Waals surface area contributed by atoms with Gasteiger partial charge in [0.1, 0.15) is 11.9 Å². The topological polar surface area (TPSA) is 47.5 Å². The molecule has 0 amide bonds. The first-order valence-corrected chi connectivity index (χ1v) is 8.67. The zero-order chi connectivity index (χ0) is 17.5. The fraction of sp³-hybridized carbons (Fsp3) is 0.474. The van der Waals surface area contributed by atoms with E-state index in [1.807, 2.05) is 12.4 Å². The van der Waals surface area contributed by atoms with E-state index in [-0.39, 0.29) is 11.9 Å². The van der Waals surface area contributed by atoms with Crippen molar-refractivity contribution in [3.8, 4) is 5.75 Å². The van der Waals surface area contributed by atoms with Gasteiger partial charge in [-0.25, -0.2) is 14.4 Å². The van der Waals surface area contributed by atoms with Gasteiger partial charge in [-0.1, -0.05) is 12.1 Å². The van der Waals surface area contributed by atoms with E-state index in [4.69, 9.17) is 9.47 Å². The lowest BCUT2D eigenvalue weighted by Gasteiger charge is -2.32. The minimum atomic E-state index is -0.296. The summed E-state index contributed by atoms with van der Waals surface area (Å²) in [6.07, 6.45) is 6.36. The standard InChI is InChI=1S/C19H24FN3O2/c1-24-11-8-19-21-12-15(13-22-19)14-23-9-6-16(7-10-23)25-18-5-3-2-4-17(18)20/h2-5,12-13,16H,6-11,14H2,1H3. The van der Waals surface area contributed by atoms with Gasteiger partial charge < -0.3 is 9.47 Å². The molecule has 1 fully saturated rings. The molecule has 0 radical (unpaired) electrons. The zero-order valence-electron chi connectivity index (χ0n) is 14.5. The van der Waals surface area contributed by atoms with Crippen molar-refractivity contribution in [3.63, 3.8) is 0 Å². The van der Waals surface area contributed by atoms with Crippen LogP contribution in [0.2, 0.25) is 0 Å². The summed E-state index contributed by atoms with van der Waals surface area (Å²) in [5, 5.41) is 0. The van der Waals surface area contributed by atoms with Gasteiger partial charge in [-0.15, -0.1) is 0 Å². The van der Waals surface area contributed by atoms with Crippen molar-refractivity contribution >= 4 is 0 Å². The highest BCUT2D eigenvalue weighted by Gasteiger charge is 2.21. The number of halogens is 1. The Labute approximate surface area is 147 Å². The molecule has 6 heteroatoms. The fourth-order valence-electron chi connectivity index (χ4n) is 2.95. The van der Waals surface area contributed by atoms with Crippen LogP contribution in [-0.2, 0) is 17.7 Å². The Morgan fingerprint density at radius 3 is 2.56 bits per heavy atom. The highest BCUT2D eigenvalue weighted by Crippen LogP contribution is 2.22. The van der Waals surface area contributed by atoms with Gasteiger partial charge in [-0.3, -0.25) is 4.90 Å². The Morgan fingerprint density at radius 1 is 1.16 bits per heavy atom. The van der Waals surface area contributed by atoms with Gasteiger partial charge in [0.05, 0.1) is 6.61 Å². The van der Waals surface area contributed by atoms with Crippen LogP contribution in [0.1, 0.15) is 24.2 Å². The number of hydrogen-bond acceptors (Lipinski definition) is 5. The molecule has 2 aromatic rings. The van der Waals surface area contributed by atoms with E-state index in [0.29, 0.717) is 12.4 Å². The van der Waals surface area contributed by atoms with Gasteiger partial charge in [0, 0.05) is 51.1 Å². The second kappa shape index (κ2) is 8.87. The number of piperidine rings is 1. The summed E-state index contributed by atoms with van der Waals surface area (Å²) in [6.45, 7) is 3.31. The van der Waals surface area contributed by atoms with E-state index < -0.39 is 0 Å². The van der Waals surface area contributed by atoms with Gasteiger partial charge in [0.15, 0.2) is 11.6 Å². The van der Waals surface area contributed by atoms with Crippen LogP contribution in [0.4, 0.5) is 4.39 Å². The molecule has 25 heavy (non-hydrogen) atoms. The SMILES string of the molecule is COCCc1ncc(CN2CCC(Oc3ccccc3F)CC2)cn1. The summed E-state index contributed by atoms with van der Waals surface area (Å²) < 4.78 is 24.5. The maximum atomic E-state index is 13.7. The molecule has 0 atom stereocenters. The Hall–Kier alpha value is -2.05. The molecular weight excluding hydrogens is 321 g/mol. The molecule has 0 aliphatic carbocycles. The molecule has 0 unspecified atom stereocenters. The molecular formula is C19H24FN3O2. The number of para-hydroxylation sites is 1. The lowest BCUT2D eigenvalue weighted by molar-refractivity contribution is 0.0934. The number of methoxy groups -OCH3 is 1. The Balaban J connectivity index is 1.45. The normalized spacial score (nSPS) is 16.1. The third-order valence-electron chi connectivity index (χ3n) is 4.36. The number of rotatable bonds is 7. The fourth-order valence-corrected chi connectivity index (χ4v) is 2.95. The van der Waals surface area contributed by atoms with E-state index in [1.165, 1.54) is 6.07 Å². The predicted octanol–water partition coefficient (Wildman–Crippen LogP) is 2.85. The van der Waals surface area contributed by atoms with Crippen molar-refractivity contribution in [3.05, 3.63) is 53.9 Å². The molecule has 0 N–H and O–H groups in total. The van der Waals surface area contributed by atoms with E-state index in [2.05, 4.69) is 14.9 Å². The molecule has 3 rings (SSSR count). The van der Waals surface area contributed by atoms with Gasteiger partial charge in [-0.05, 0) is 25.0 Å². The van der Waals surface area contributed by atoms with Gasteiger partial charge in [-0.2, -0.15) is 0 Å². The van der Waals surface area contributed by atoms with Gasteiger partial charge in [0.25, 0.3) is 0 Å². The maximum Gasteiger partial charge on any atom is 0.165 e. The van der Waals surface area contributed by atoms with Crippen molar-refractivity contribution in [1.82, 2.24) is 14.9 Å². The van der Waals surface area contributed by atoms with E-state index >= 15 is 0 Å². The van der Waals surface area contributed by atoms with Crippen LogP contribution in [-0.4, -0.2) is 47.8 Å². The van der Waals surface area contributed by atoms with E-state index in [9.17, 15) is 4.39 Å². The van der Waals surface area contributed by atoms with Crippen LogP contribution in [0, 0.1) is 5.82 Å². The van der Waals surface area contributed by atoms with Crippen LogP contribution in [0.3, 0.4) is 0 Å². The third-order valence-corrected chi connectivity index (χ3v) is 4.36. The molecule has 2 heterocycles. The monoisotopic (exact) mass is 345 g/mol. The molecule has 1 aromatic heterocycles. The number of ether oxygens (including phenoxy) is 2. The lowest BCUT2D eigenvalue weighted by atomic mass is 10.1. The minimum Gasteiger partial charge on any atom is -0.487 e. The molecule has 1 aliphatic rings. The van der Waals surface area contributed by atoms with Crippen LogP contribution in [0.15, 0.2) is 36.7 Å². The van der Waals surface area contributed by atoms with Crippen molar-refractivity contribution in [1.29, 1.82) is 0 Å². The predicted molar refractivity (Wildman–Crippen MR) is 92.9 cm³/mol. The summed E-state index contributed by atoms with van der Waals surface area (Å²) in [4.78, 5) is 11.1. The summed E-state index contributed by atoms with van der Waals surface area (Å²) in [5.74, 6) is 0.860. The number of hydrogen-bond donors (Lipinski definition) is 0. The van der Waals surface area contributed by atoms with Crippen LogP contribution < -0.4 is 4.74 Å². The number of benzene rings is 1. The maximum absolute atomic E-state index is 13.7. The van der Waals surface area contributed by atoms with E-state index in [0.717, 1.165) is 50.3 Å². The van der Waals surface area contributed by atoms with Crippen molar-refractivity contribution < 1.29 is 13.9 Å². The second-order valence-corrected chi connectivity index (χ2v) is 6.27. The molecule has 1 aromatic carbocycles. The smallest absolute Gasteiger partial charge is 0.165 e. The molecule has 0 bridgehead atoms. The minimum absolute atomic E-state index is 0.0702. The quantitative estimate of drug-likeness (QED) is 0.772. The van der Waals surface area contributed by atoms with Gasteiger partial charge >= 0.3 is 0 Å². The van der Waals surface area contributed by atoms with Crippen LogP contribution in [0.25, 0.3) is 0 Å². The highest BCUT2D eigenvalue weighted by molar-refractivity contribution is 5.24. The number of aromatic nitrogens is 2. The highest BCUT2D eigenvalue weighted by atomic mass is 19.1. The first kappa shape index (κ1) is 17.8. The van der Waals surface area contributed by atoms with Gasteiger partial charge in [0.2, 0.25) is 0 Å². The summed E-state index contributed by atoms with van der Waals surface area (Å²) in [5.41, 5.74) is 1.11. The Bertz CT molecular complexity index is 658. The first-order chi connectivity index (χ1) is 12.2. The third kappa shape index (κ3) is 5.21. The Kier molecular flexibility index (Phi) is 6.30. The average Bonchev–Trinajstić information content (AvgIpc) is 2.65. The molecule has 1 aliphatic heterocycles. The molecule has 134 valence electrons. The van der Waals surface area contributed by atoms with Crippen molar-refractivity contribution in [2.45, 2.75) is 31.9 Å². The van der Waals surface area contributed by atoms with Crippen molar-refractivity contribution in [2.24, 2.45) is 0 Å². The second-order valence-electron chi connectivity index (χ2n) is 6.27. The van der Waals surface area contributed by atoms with E-state index in [1.54, 1.807) is 25.3 Å². The molecule has 5 nitrogen and oxygen atoms in total. The summed E-state index contributed by atoms with van der Waals surface area (Å²) in [6, 6.07) is 6.59. The molecule has 1 saturated heterocycles.